The van der Waals surface area contributed by atoms with Crippen LogP contribution in [0.1, 0.15) is 82.5 Å². The van der Waals surface area contributed by atoms with Crippen molar-refractivity contribution in [3.8, 4) is 17.1 Å². The summed E-state index contributed by atoms with van der Waals surface area (Å²) in [5, 5.41) is 18.1. The average molecular weight is 500 g/mol. The molecule has 0 unspecified atom stereocenters. The van der Waals surface area contributed by atoms with Gasteiger partial charge in [0.25, 0.3) is 0 Å². The molecule has 196 valence electrons. The number of carbonyl (C=O) groups excluding carboxylic acids is 1. The summed E-state index contributed by atoms with van der Waals surface area (Å²) in [5.41, 5.74) is 2.02. The molecular weight excluding hydrogens is 462 g/mol. The lowest BCUT2D eigenvalue weighted by Gasteiger charge is -2.35. The summed E-state index contributed by atoms with van der Waals surface area (Å²) in [6, 6.07) is 3.78. The van der Waals surface area contributed by atoms with Crippen LogP contribution in [0.25, 0.3) is 11.4 Å². The van der Waals surface area contributed by atoms with E-state index in [0.717, 1.165) is 50.0 Å². The van der Waals surface area contributed by atoms with Crippen LogP contribution in [0.4, 0.5) is 4.79 Å². The molecule has 2 aromatic rings. The van der Waals surface area contributed by atoms with E-state index >= 15 is 0 Å². The smallest absolute Gasteiger partial charge is 0.409 e. The molecule has 0 aliphatic heterocycles. The summed E-state index contributed by atoms with van der Waals surface area (Å²) in [7, 11) is 3.48. The van der Waals surface area contributed by atoms with Gasteiger partial charge in [-0.25, -0.2) is 14.5 Å². The zero-order valence-electron chi connectivity index (χ0n) is 21.7. The van der Waals surface area contributed by atoms with Crippen molar-refractivity contribution in [3.05, 3.63) is 23.5 Å². The lowest BCUT2D eigenvalue weighted by atomic mass is 9.74. The number of hydrogen-bond donors (Lipinski definition) is 1. The molecule has 2 aliphatic rings. The number of hydrogen-bond acceptors (Lipinski definition) is 7. The second kappa shape index (κ2) is 10.8. The molecule has 2 fully saturated rings. The standard InChI is InChI=1S/C26H37N5O5/c1-5-14-30(3)25(34)35-16-20-23(28-29-31(20)4)19-11-12-21(22(27-19)17-8-6-9-17)36-18-10-7-13-26(2,15-18)24(32)33/h11-12,17-18H,5-10,13-16H2,1-4H3,(H,32,33)/t18-,26-/m0/s1. The first-order chi connectivity index (χ1) is 17.2. The summed E-state index contributed by atoms with van der Waals surface area (Å²) in [5.74, 6) is 0.261. The van der Waals surface area contributed by atoms with Gasteiger partial charge in [-0.2, -0.15) is 0 Å². The summed E-state index contributed by atoms with van der Waals surface area (Å²) >= 11 is 0. The van der Waals surface area contributed by atoms with Crippen LogP contribution in [0.15, 0.2) is 12.1 Å². The van der Waals surface area contributed by atoms with Crippen molar-refractivity contribution in [1.82, 2.24) is 24.9 Å². The molecule has 4 rings (SSSR count). The summed E-state index contributed by atoms with van der Waals surface area (Å²) in [4.78, 5) is 30.6. The third kappa shape index (κ3) is 5.47. The molecule has 10 heteroatoms. The molecule has 10 nitrogen and oxygen atoms in total. The van der Waals surface area contributed by atoms with Crippen molar-refractivity contribution in [2.75, 3.05) is 13.6 Å². The van der Waals surface area contributed by atoms with E-state index in [-0.39, 0.29) is 12.7 Å². The Labute approximate surface area is 212 Å². The van der Waals surface area contributed by atoms with Crippen LogP contribution < -0.4 is 4.74 Å². The molecule has 1 N–H and O–H groups in total. The maximum Gasteiger partial charge on any atom is 0.409 e. The highest BCUT2D eigenvalue weighted by Crippen LogP contribution is 2.43. The van der Waals surface area contributed by atoms with Crippen LogP contribution >= 0.6 is 0 Å². The minimum Gasteiger partial charge on any atom is -0.488 e. The van der Waals surface area contributed by atoms with Crippen molar-refractivity contribution in [2.45, 2.75) is 83.8 Å². The van der Waals surface area contributed by atoms with E-state index in [1.165, 1.54) is 0 Å². The molecule has 2 aliphatic carbocycles. The number of amides is 1. The number of aromatic nitrogens is 4. The van der Waals surface area contributed by atoms with E-state index in [1.807, 2.05) is 26.0 Å². The summed E-state index contributed by atoms with van der Waals surface area (Å²) < 4.78 is 13.5. The van der Waals surface area contributed by atoms with Crippen LogP contribution in [0.2, 0.25) is 0 Å². The van der Waals surface area contributed by atoms with Crippen molar-refractivity contribution in [2.24, 2.45) is 12.5 Å². The molecule has 2 saturated carbocycles. The first kappa shape index (κ1) is 25.9. The van der Waals surface area contributed by atoms with Gasteiger partial charge in [0.1, 0.15) is 23.7 Å². The molecule has 0 bridgehead atoms. The number of carboxylic acids is 1. The quantitative estimate of drug-likeness (QED) is 0.534. The number of aryl methyl sites for hydroxylation is 1. The fourth-order valence-electron chi connectivity index (χ4n) is 4.97. The third-order valence-corrected chi connectivity index (χ3v) is 7.51. The molecule has 1 amide bonds. The highest BCUT2D eigenvalue weighted by molar-refractivity contribution is 5.74. The monoisotopic (exact) mass is 499 g/mol. The first-order valence-electron chi connectivity index (χ1n) is 12.9. The van der Waals surface area contributed by atoms with Gasteiger partial charge in [0, 0.05) is 33.0 Å². The van der Waals surface area contributed by atoms with Gasteiger partial charge in [0.05, 0.1) is 22.9 Å². The normalized spacial score (nSPS) is 22.1. The maximum absolute atomic E-state index is 12.3. The van der Waals surface area contributed by atoms with Gasteiger partial charge in [-0.1, -0.05) is 18.6 Å². The van der Waals surface area contributed by atoms with E-state index in [1.54, 1.807) is 23.7 Å². The van der Waals surface area contributed by atoms with Gasteiger partial charge in [0.2, 0.25) is 0 Å². The molecule has 2 heterocycles. The fraction of sp³-hybridized carbons (Fsp3) is 0.654. The molecule has 0 radical (unpaired) electrons. The lowest BCUT2D eigenvalue weighted by Crippen LogP contribution is -2.38. The van der Waals surface area contributed by atoms with E-state index in [4.69, 9.17) is 14.5 Å². The minimum atomic E-state index is -0.764. The van der Waals surface area contributed by atoms with Gasteiger partial charge in [0.15, 0.2) is 0 Å². The topological polar surface area (TPSA) is 120 Å². The Bertz CT molecular complexity index is 1100. The zero-order valence-corrected chi connectivity index (χ0v) is 21.7. The number of rotatable bonds is 9. The Hall–Kier alpha value is -3.17. The molecule has 0 spiro atoms. The van der Waals surface area contributed by atoms with Crippen molar-refractivity contribution >= 4 is 12.1 Å². The lowest BCUT2D eigenvalue weighted by molar-refractivity contribution is -0.151. The van der Waals surface area contributed by atoms with Gasteiger partial charge in [-0.05, 0) is 57.6 Å². The molecule has 2 atom stereocenters. The van der Waals surface area contributed by atoms with Gasteiger partial charge >= 0.3 is 12.1 Å². The number of carbonyl (C=O) groups is 2. The van der Waals surface area contributed by atoms with Gasteiger partial charge < -0.3 is 19.5 Å². The SMILES string of the molecule is CCCN(C)C(=O)OCc1c(-c2ccc(O[C@H]3CCC[C@](C)(C(=O)O)C3)c(C3CCC3)n2)nnn1C. The summed E-state index contributed by atoms with van der Waals surface area (Å²) in [6.07, 6.45) is 6.35. The number of nitrogens with zero attached hydrogens (tertiary/aromatic N) is 5. The van der Waals surface area contributed by atoms with Crippen LogP contribution in [0.3, 0.4) is 0 Å². The number of ether oxygens (including phenoxy) is 2. The second-order valence-electron chi connectivity index (χ2n) is 10.4. The third-order valence-electron chi connectivity index (χ3n) is 7.51. The summed E-state index contributed by atoms with van der Waals surface area (Å²) in [6.45, 7) is 4.47. The first-order valence-corrected chi connectivity index (χ1v) is 12.9. The average Bonchev–Trinajstić information content (AvgIpc) is 3.17. The Morgan fingerprint density at radius 2 is 2.03 bits per heavy atom. The fourth-order valence-corrected chi connectivity index (χ4v) is 4.97. The van der Waals surface area contributed by atoms with E-state index in [0.29, 0.717) is 42.4 Å². The molecule has 2 aromatic heterocycles. The maximum atomic E-state index is 12.3. The Kier molecular flexibility index (Phi) is 7.80. The zero-order chi connectivity index (χ0) is 25.9. The predicted octanol–water partition coefficient (Wildman–Crippen LogP) is 4.54. The van der Waals surface area contributed by atoms with Gasteiger partial charge in [-0.15, -0.1) is 5.10 Å². The predicted molar refractivity (Wildman–Crippen MR) is 133 cm³/mol. The van der Waals surface area contributed by atoms with E-state index < -0.39 is 17.5 Å². The Morgan fingerprint density at radius 1 is 1.25 bits per heavy atom. The van der Waals surface area contributed by atoms with E-state index in [9.17, 15) is 14.7 Å². The van der Waals surface area contributed by atoms with Crippen LogP contribution in [0, 0.1) is 5.41 Å². The van der Waals surface area contributed by atoms with Crippen LogP contribution in [-0.2, 0) is 23.2 Å². The molecule has 36 heavy (non-hydrogen) atoms. The van der Waals surface area contributed by atoms with Crippen molar-refractivity contribution in [1.29, 1.82) is 0 Å². The van der Waals surface area contributed by atoms with Crippen molar-refractivity contribution in [3.63, 3.8) is 0 Å². The molecule has 0 saturated heterocycles. The second-order valence-corrected chi connectivity index (χ2v) is 10.4. The van der Waals surface area contributed by atoms with Crippen LogP contribution in [-0.4, -0.2) is 61.7 Å². The molecular formula is C26H37N5O5. The number of pyridine rings is 1. The number of carboxylic acid groups (broad SMARTS) is 1. The van der Waals surface area contributed by atoms with Crippen LogP contribution in [0.5, 0.6) is 5.75 Å². The minimum absolute atomic E-state index is 0.0419. The molecule has 0 aromatic carbocycles. The highest BCUT2D eigenvalue weighted by atomic mass is 16.6. The Morgan fingerprint density at radius 3 is 2.69 bits per heavy atom. The van der Waals surface area contributed by atoms with E-state index in [2.05, 4.69) is 10.3 Å². The largest absolute Gasteiger partial charge is 0.488 e. The number of aliphatic carboxylic acids is 1. The van der Waals surface area contributed by atoms with Gasteiger partial charge in [-0.3, -0.25) is 4.79 Å². The highest BCUT2D eigenvalue weighted by Gasteiger charge is 2.40. The van der Waals surface area contributed by atoms with Crippen molar-refractivity contribution < 1.29 is 24.2 Å². The Balaban J connectivity index is 1.56.